The van der Waals surface area contributed by atoms with E-state index in [1.165, 1.54) is 5.56 Å². The van der Waals surface area contributed by atoms with Gasteiger partial charge in [0.15, 0.2) is 5.79 Å². The summed E-state index contributed by atoms with van der Waals surface area (Å²) in [4.78, 5) is 11.9. The van der Waals surface area contributed by atoms with Crippen molar-refractivity contribution in [3.8, 4) is 11.3 Å². The highest BCUT2D eigenvalue weighted by Gasteiger charge is 2.33. The fourth-order valence-electron chi connectivity index (χ4n) is 5.36. The predicted octanol–water partition coefficient (Wildman–Crippen LogP) is 6.56. The maximum absolute atomic E-state index is 11.9. The summed E-state index contributed by atoms with van der Waals surface area (Å²) in [7, 11) is 0. The average molecular weight is 592 g/mol. The van der Waals surface area contributed by atoms with Gasteiger partial charge in [-0.2, -0.15) is 5.10 Å². The lowest BCUT2D eigenvalue weighted by Gasteiger charge is -2.28. The van der Waals surface area contributed by atoms with Gasteiger partial charge in [-0.1, -0.05) is 30.3 Å². The minimum Gasteiger partial charge on any atom is -0.458 e. The van der Waals surface area contributed by atoms with Crippen molar-refractivity contribution in [2.24, 2.45) is 11.8 Å². The van der Waals surface area contributed by atoms with Crippen molar-refractivity contribution in [2.75, 3.05) is 19.8 Å². The lowest BCUT2D eigenvalue weighted by atomic mass is 9.82. The van der Waals surface area contributed by atoms with Gasteiger partial charge in [0, 0.05) is 12.1 Å². The summed E-state index contributed by atoms with van der Waals surface area (Å²) in [6.07, 6.45) is 6.26. The first kappa shape index (κ1) is 29.2. The van der Waals surface area contributed by atoms with E-state index in [1.54, 1.807) is 0 Å². The van der Waals surface area contributed by atoms with Gasteiger partial charge in [-0.3, -0.25) is 4.68 Å². The second kappa shape index (κ2) is 12.6. The first-order valence-corrected chi connectivity index (χ1v) is 14.7. The molecule has 1 saturated carbocycles. The van der Waals surface area contributed by atoms with Gasteiger partial charge < -0.3 is 18.9 Å². The summed E-state index contributed by atoms with van der Waals surface area (Å²) >= 11 is 3.89. The van der Waals surface area contributed by atoms with E-state index in [0.29, 0.717) is 25.0 Å². The number of carbonyl (C=O) groups is 1. The zero-order valence-corrected chi connectivity index (χ0v) is 25.1. The molecular formula is C30H43BrN2O5. The van der Waals surface area contributed by atoms with Crippen LogP contribution in [0.3, 0.4) is 0 Å². The van der Waals surface area contributed by atoms with Crippen molar-refractivity contribution in [3.05, 3.63) is 40.5 Å². The fourth-order valence-corrected chi connectivity index (χ4v) is 6.07. The highest BCUT2D eigenvalue weighted by atomic mass is 79.9. The molecule has 210 valence electrons. The van der Waals surface area contributed by atoms with Gasteiger partial charge >= 0.3 is 5.97 Å². The normalized spacial score (nSPS) is 23.5. The molecule has 7 nitrogen and oxygen atoms in total. The Morgan fingerprint density at radius 1 is 1.13 bits per heavy atom. The Hall–Kier alpha value is -1.74. The zero-order valence-electron chi connectivity index (χ0n) is 23.5. The minimum absolute atomic E-state index is 0.0250. The molecule has 0 N–H and O–H groups in total. The maximum Gasteiger partial charge on any atom is 0.332 e. The maximum atomic E-state index is 11.9. The summed E-state index contributed by atoms with van der Waals surface area (Å²) in [5.41, 5.74) is 2.91. The fraction of sp³-hybridized carbons (Fsp3) is 0.667. The van der Waals surface area contributed by atoms with Crippen molar-refractivity contribution < 1.29 is 23.7 Å². The molecule has 1 aromatic heterocycles. The molecule has 38 heavy (non-hydrogen) atoms. The van der Waals surface area contributed by atoms with E-state index >= 15 is 0 Å². The van der Waals surface area contributed by atoms with Crippen molar-refractivity contribution in [1.82, 2.24) is 9.78 Å². The third-order valence-corrected chi connectivity index (χ3v) is 8.00. The van der Waals surface area contributed by atoms with Gasteiger partial charge in [-0.15, -0.1) is 0 Å². The standard InChI is InChI=1S/C30H43BrN2O5/c1-29(2,3)38-26(34)20-35-18-22-13-11-21(12-14-22)17-33-28(23-9-7-6-8-10-23)27(31)25(32-33)16-15-24-19-36-30(4,5)37-24/h6-10,21-22,24H,11-20H2,1-5H3/t21?,22?,24-/m0/s1. The van der Waals surface area contributed by atoms with E-state index < -0.39 is 11.4 Å². The number of nitrogens with zero attached hydrogens (tertiary/aromatic N) is 2. The summed E-state index contributed by atoms with van der Waals surface area (Å²) in [5, 5.41) is 5.09. The Labute approximate surface area is 235 Å². The van der Waals surface area contributed by atoms with Gasteiger partial charge in [0.05, 0.1) is 35.2 Å². The first-order chi connectivity index (χ1) is 18.0. The van der Waals surface area contributed by atoms with Gasteiger partial charge in [-0.25, -0.2) is 4.79 Å². The van der Waals surface area contributed by atoms with E-state index in [9.17, 15) is 4.79 Å². The molecule has 0 radical (unpaired) electrons. The molecule has 0 unspecified atom stereocenters. The molecule has 0 bridgehead atoms. The number of halogens is 1. The highest BCUT2D eigenvalue weighted by Crippen LogP contribution is 2.36. The molecule has 2 aliphatic rings. The third kappa shape index (κ3) is 8.38. The van der Waals surface area contributed by atoms with Gasteiger partial charge in [-0.05, 0) is 101 Å². The van der Waals surface area contributed by atoms with Crippen LogP contribution in [-0.2, 0) is 36.7 Å². The van der Waals surface area contributed by atoms with Crippen LogP contribution in [-0.4, -0.2) is 53.1 Å². The Kier molecular flexibility index (Phi) is 9.72. The lowest BCUT2D eigenvalue weighted by Crippen LogP contribution is -2.28. The number of esters is 1. The number of ether oxygens (including phenoxy) is 4. The zero-order chi connectivity index (χ0) is 27.3. The minimum atomic E-state index is -0.504. The number of hydrogen-bond donors (Lipinski definition) is 0. The van der Waals surface area contributed by atoms with Crippen molar-refractivity contribution >= 4 is 21.9 Å². The monoisotopic (exact) mass is 590 g/mol. The number of carbonyl (C=O) groups excluding carboxylic acids is 1. The molecule has 1 saturated heterocycles. The second-order valence-electron chi connectivity index (χ2n) is 12.1. The largest absolute Gasteiger partial charge is 0.458 e. The van der Waals surface area contributed by atoms with Crippen molar-refractivity contribution in [3.63, 3.8) is 0 Å². The molecule has 2 heterocycles. The smallest absolute Gasteiger partial charge is 0.332 e. The number of hydrogen-bond acceptors (Lipinski definition) is 6. The third-order valence-electron chi connectivity index (χ3n) is 7.17. The van der Waals surface area contributed by atoms with Crippen LogP contribution in [0.5, 0.6) is 0 Å². The van der Waals surface area contributed by atoms with Gasteiger partial charge in [0.25, 0.3) is 0 Å². The SMILES string of the molecule is CC(C)(C)OC(=O)COCC1CCC(Cn2nc(CC[C@H]3COC(C)(C)O3)c(Br)c2-c2ccccc2)CC1. The van der Waals surface area contributed by atoms with Crippen LogP contribution < -0.4 is 0 Å². The Morgan fingerprint density at radius 2 is 1.82 bits per heavy atom. The number of aryl methyl sites for hydroxylation is 1. The number of benzene rings is 1. The second-order valence-corrected chi connectivity index (χ2v) is 12.9. The number of aromatic nitrogens is 2. The van der Waals surface area contributed by atoms with Crippen molar-refractivity contribution in [2.45, 2.75) is 97.2 Å². The summed E-state index contributed by atoms with van der Waals surface area (Å²) < 4.78 is 26.1. The topological polar surface area (TPSA) is 71.8 Å². The quantitative estimate of drug-likeness (QED) is 0.292. The van der Waals surface area contributed by atoms with Crippen LogP contribution >= 0.6 is 15.9 Å². The Morgan fingerprint density at radius 3 is 2.45 bits per heavy atom. The molecule has 2 fully saturated rings. The van der Waals surface area contributed by atoms with Gasteiger partial charge in [0.2, 0.25) is 0 Å². The van der Waals surface area contributed by atoms with Gasteiger partial charge in [0.1, 0.15) is 12.2 Å². The van der Waals surface area contributed by atoms with Crippen LogP contribution in [0.4, 0.5) is 0 Å². The molecule has 0 spiro atoms. The Balaban J connectivity index is 1.34. The van der Waals surface area contributed by atoms with Crippen LogP contribution in [0, 0.1) is 11.8 Å². The molecule has 1 aliphatic heterocycles. The van der Waals surface area contributed by atoms with Crippen LogP contribution in [0.1, 0.15) is 72.4 Å². The lowest BCUT2D eigenvalue weighted by molar-refractivity contribution is -0.160. The Bertz CT molecular complexity index is 1050. The van der Waals surface area contributed by atoms with Crippen molar-refractivity contribution in [1.29, 1.82) is 0 Å². The molecule has 4 rings (SSSR count). The summed E-state index contributed by atoms with van der Waals surface area (Å²) in [6.45, 7) is 11.7. The van der Waals surface area contributed by atoms with E-state index in [-0.39, 0.29) is 18.7 Å². The molecule has 1 aliphatic carbocycles. The van der Waals surface area contributed by atoms with E-state index in [2.05, 4.69) is 44.9 Å². The van der Waals surface area contributed by atoms with Crippen LogP contribution in [0.2, 0.25) is 0 Å². The molecule has 1 atom stereocenters. The van der Waals surface area contributed by atoms with Crippen LogP contribution in [0.15, 0.2) is 34.8 Å². The average Bonchev–Trinajstić information content (AvgIpc) is 3.35. The molecular weight excluding hydrogens is 548 g/mol. The van der Waals surface area contributed by atoms with E-state index in [0.717, 1.165) is 60.9 Å². The first-order valence-electron chi connectivity index (χ1n) is 13.9. The van der Waals surface area contributed by atoms with E-state index in [1.807, 2.05) is 40.7 Å². The number of rotatable bonds is 10. The summed E-state index contributed by atoms with van der Waals surface area (Å²) in [6, 6.07) is 10.5. The molecule has 0 amide bonds. The highest BCUT2D eigenvalue weighted by molar-refractivity contribution is 9.10. The predicted molar refractivity (Wildman–Crippen MR) is 151 cm³/mol. The summed E-state index contributed by atoms with van der Waals surface area (Å²) in [5.74, 6) is 0.248. The molecule has 1 aromatic carbocycles. The van der Waals surface area contributed by atoms with E-state index in [4.69, 9.17) is 24.0 Å². The molecule has 8 heteroatoms. The van der Waals surface area contributed by atoms with Crippen LogP contribution in [0.25, 0.3) is 11.3 Å². The molecule has 2 aromatic rings.